The van der Waals surface area contributed by atoms with Gasteiger partial charge in [-0.05, 0) is 43.7 Å². The van der Waals surface area contributed by atoms with E-state index in [1.165, 1.54) is 6.07 Å². The SMILES string of the molecule is C[C@@]1(c2cc(Br)ccc2F)N=C(NC(=O)c2ccccc2)O[C@H]2C[C@H]21. The van der Waals surface area contributed by atoms with Gasteiger partial charge >= 0.3 is 0 Å². The van der Waals surface area contributed by atoms with E-state index in [2.05, 4.69) is 26.2 Å². The summed E-state index contributed by atoms with van der Waals surface area (Å²) in [6, 6.07) is 13.8. The van der Waals surface area contributed by atoms with E-state index in [0.29, 0.717) is 11.1 Å². The molecule has 1 amide bonds. The van der Waals surface area contributed by atoms with Crippen LogP contribution in [0.2, 0.25) is 0 Å². The van der Waals surface area contributed by atoms with Crippen molar-refractivity contribution in [1.29, 1.82) is 0 Å². The van der Waals surface area contributed by atoms with Crippen molar-refractivity contribution in [3.05, 3.63) is 69.9 Å². The first-order valence-electron chi connectivity index (χ1n) is 8.06. The quantitative estimate of drug-likeness (QED) is 0.824. The Labute approximate surface area is 153 Å². The third-order valence-electron chi connectivity index (χ3n) is 4.78. The molecule has 128 valence electrons. The van der Waals surface area contributed by atoms with Crippen LogP contribution in [-0.2, 0) is 10.3 Å². The van der Waals surface area contributed by atoms with E-state index in [-0.39, 0.29) is 29.8 Å². The lowest BCUT2D eigenvalue weighted by atomic mass is 9.86. The topological polar surface area (TPSA) is 50.7 Å². The number of nitrogens with one attached hydrogen (secondary N) is 1. The molecular formula is C19H16BrFN2O2. The summed E-state index contributed by atoms with van der Waals surface area (Å²) in [7, 11) is 0. The lowest BCUT2D eigenvalue weighted by molar-refractivity contribution is 0.0956. The number of benzene rings is 2. The summed E-state index contributed by atoms with van der Waals surface area (Å²) in [5.41, 5.74) is 0.252. The van der Waals surface area contributed by atoms with Crippen LogP contribution >= 0.6 is 15.9 Å². The van der Waals surface area contributed by atoms with Crippen molar-refractivity contribution in [1.82, 2.24) is 5.32 Å². The smallest absolute Gasteiger partial charge is 0.292 e. The maximum atomic E-state index is 14.4. The second-order valence-corrected chi connectivity index (χ2v) is 7.42. The number of carbonyl (C=O) groups excluding carboxylic acids is 1. The zero-order chi connectivity index (χ0) is 17.6. The molecule has 6 heteroatoms. The summed E-state index contributed by atoms with van der Waals surface area (Å²) < 4.78 is 20.9. The number of ether oxygens (including phenoxy) is 1. The average molecular weight is 403 g/mol. The Balaban J connectivity index is 1.66. The Hall–Kier alpha value is -2.21. The Morgan fingerprint density at radius 2 is 2.08 bits per heavy atom. The summed E-state index contributed by atoms with van der Waals surface area (Å²) in [6.07, 6.45) is 0.739. The zero-order valence-electron chi connectivity index (χ0n) is 13.5. The van der Waals surface area contributed by atoms with Gasteiger partial charge in [0.1, 0.15) is 11.9 Å². The van der Waals surface area contributed by atoms with E-state index >= 15 is 0 Å². The highest BCUT2D eigenvalue weighted by molar-refractivity contribution is 9.10. The van der Waals surface area contributed by atoms with Crippen molar-refractivity contribution in [2.24, 2.45) is 10.9 Å². The number of amidine groups is 1. The summed E-state index contributed by atoms with van der Waals surface area (Å²) in [6.45, 7) is 1.89. The molecule has 2 aliphatic rings. The molecule has 0 bridgehead atoms. The first-order valence-corrected chi connectivity index (χ1v) is 8.85. The first kappa shape index (κ1) is 16.3. The van der Waals surface area contributed by atoms with Crippen LogP contribution in [0.5, 0.6) is 0 Å². The van der Waals surface area contributed by atoms with Gasteiger partial charge in [0.15, 0.2) is 0 Å². The van der Waals surface area contributed by atoms with Crippen LogP contribution < -0.4 is 5.32 Å². The van der Waals surface area contributed by atoms with E-state index in [9.17, 15) is 9.18 Å². The van der Waals surface area contributed by atoms with Gasteiger partial charge in [-0.15, -0.1) is 0 Å². The van der Waals surface area contributed by atoms with Crippen molar-refractivity contribution in [3.63, 3.8) is 0 Å². The molecule has 2 aromatic rings. The normalized spacial score (nSPS) is 26.9. The van der Waals surface area contributed by atoms with Crippen molar-refractivity contribution in [2.45, 2.75) is 25.0 Å². The maximum Gasteiger partial charge on any atom is 0.292 e. The minimum absolute atomic E-state index is 0.0491. The highest BCUT2D eigenvalue weighted by atomic mass is 79.9. The molecular weight excluding hydrogens is 387 g/mol. The van der Waals surface area contributed by atoms with Gasteiger partial charge in [-0.2, -0.15) is 0 Å². The number of hydrogen-bond acceptors (Lipinski definition) is 3. The van der Waals surface area contributed by atoms with Gasteiger partial charge < -0.3 is 4.74 Å². The molecule has 1 heterocycles. The molecule has 3 atom stereocenters. The minimum Gasteiger partial charge on any atom is -0.461 e. The highest BCUT2D eigenvalue weighted by Crippen LogP contribution is 2.53. The second kappa shape index (κ2) is 5.95. The van der Waals surface area contributed by atoms with Crippen LogP contribution in [0, 0.1) is 11.7 Å². The Morgan fingerprint density at radius 3 is 2.84 bits per heavy atom. The summed E-state index contributed by atoms with van der Waals surface area (Å²) >= 11 is 3.39. The molecule has 0 spiro atoms. The molecule has 2 aromatic carbocycles. The standard InChI is InChI=1S/C19H16BrFN2O2/c1-19(13-9-12(20)7-8-15(13)21)14-10-16(14)25-18(23-19)22-17(24)11-5-3-2-4-6-11/h2-9,14,16H,10H2,1H3,(H,22,23,24)/t14-,16+,19+/m1/s1. The Bertz CT molecular complexity index is 871. The third-order valence-corrected chi connectivity index (χ3v) is 5.27. The summed E-state index contributed by atoms with van der Waals surface area (Å²) in [4.78, 5) is 16.9. The monoisotopic (exact) mass is 402 g/mol. The zero-order valence-corrected chi connectivity index (χ0v) is 15.1. The molecule has 1 N–H and O–H groups in total. The van der Waals surface area contributed by atoms with Gasteiger partial charge in [0.2, 0.25) is 0 Å². The number of aliphatic imine (C=N–C) groups is 1. The fraction of sp³-hybridized carbons (Fsp3) is 0.263. The van der Waals surface area contributed by atoms with Gasteiger partial charge in [-0.25, -0.2) is 9.38 Å². The summed E-state index contributed by atoms with van der Waals surface area (Å²) in [5.74, 6) is -0.500. The van der Waals surface area contributed by atoms with Crippen LogP contribution in [-0.4, -0.2) is 18.0 Å². The molecule has 1 aliphatic carbocycles. The first-order chi connectivity index (χ1) is 12.0. The van der Waals surface area contributed by atoms with Crippen molar-refractivity contribution < 1.29 is 13.9 Å². The number of amides is 1. The lowest BCUT2D eigenvalue weighted by Gasteiger charge is -2.31. The second-order valence-electron chi connectivity index (χ2n) is 6.51. The van der Waals surface area contributed by atoms with Gasteiger partial charge in [0, 0.05) is 21.5 Å². The molecule has 0 unspecified atom stereocenters. The van der Waals surface area contributed by atoms with Gasteiger partial charge in [-0.1, -0.05) is 34.1 Å². The van der Waals surface area contributed by atoms with Crippen molar-refractivity contribution in [2.75, 3.05) is 0 Å². The lowest BCUT2D eigenvalue weighted by Crippen LogP contribution is -2.41. The van der Waals surface area contributed by atoms with Crippen LogP contribution in [0.1, 0.15) is 29.3 Å². The van der Waals surface area contributed by atoms with E-state index in [0.717, 1.165) is 10.9 Å². The highest BCUT2D eigenvalue weighted by Gasteiger charge is 2.57. The molecule has 4 rings (SSSR count). The number of nitrogens with zero attached hydrogens (tertiary/aromatic N) is 1. The largest absolute Gasteiger partial charge is 0.461 e. The number of rotatable bonds is 2. The van der Waals surface area contributed by atoms with Crippen LogP contribution in [0.25, 0.3) is 0 Å². The fourth-order valence-corrected chi connectivity index (χ4v) is 3.68. The van der Waals surface area contributed by atoms with Gasteiger partial charge in [-0.3, -0.25) is 10.1 Å². The molecule has 1 aliphatic heterocycles. The molecule has 1 fully saturated rings. The number of halogens is 2. The van der Waals surface area contributed by atoms with E-state index in [1.54, 1.807) is 36.4 Å². The van der Waals surface area contributed by atoms with E-state index in [1.807, 2.05) is 13.0 Å². The Morgan fingerprint density at radius 1 is 1.32 bits per heavy atom. The minimum atomic E-state index is -0.768. The molecule has 0 radical (unpaired) electrons. The number of fused-ring (bicyclic) bond motifs is 1. The number of carbonyl (C=O) groups is 1. The molecule has 4 nitrogen and oxygen atoms in total. The molecule has 0 saturated heterocycles. The fourth-order valence-electron chi connectivity index (χ4n) is 3.32. The summed E-state index contributed by atoms with van der Waals surface area (Å²) in [5, 5.41) is 2.71. The molecule has 25 heavy (non-hydrogen) atoms. The van der Waals surface area contributed by atoms with E-state index in [4.69, 9.17) is 4.74 Å². The maximum absolute atomic E-state index is 14.4. The van der Waals surface area contributed by atoms with Crippen molar-refractivity contribution in [3.8, 4) is 0 Å². The predicted octanol–water partition coefficient (Wildman–Crippen LogP) is 4.01. The van der Waals surface area contributed by atoms with E-state index < -0.39 is 5.54 Å². The average Bonchev–Trinajstić information content (AvgIpc) is 3.38. The van der Waals surface area contributed by atoms with Crippen LogP contribution in [0.3, 0.4) is 0 Å². The molecule has 1 saturated carbocycles. The molecule has 0 aromatic heterocycles. The predicted molar refractivity (Wildman–Crippen MR) is 95.8 cm³/mol. The van der Waals surface area contributed by atoms with Gasteiger partial charge in [0.25, 0.3) is 11.9 Å². The Kier molecular flexibility index (Phi) is 3.87. The van der Waals surface area contributed by atoms with Crippen LogP contribution in [0.4, 0.5) is 4.39 Å². The third kappa shape index (κ3) is 2.95. The van der Waals surface area contributed by atoms with Crippen molar-refractivity contribution >= 4 is 27.9 Å². The van der Waals surface area contributed by atoms with Gasteiger partial charge in [0.05, 0.1) is 5.54 Å². The van der Waals surface area contributed by atoms with Crippen LogP contribution in [0.15, 0.2) is 58.0 Å². The number of hydrogen-bond donors (Lipinski definition) is 1.